The molecule has 0 radical (unpaired) electrons. The Bertz CT molecular complexity index is 2840. The largest absolute Gasteiger partial charge is 0.388 e. The minimum Gasteiger partial charge on any atom is -0.388 e. The Labute approximate surface area is 447 Å². The van der Waals surface area contributed by atoms with Crippen LogP contribution in [0.2, 0.25) is 0 Å². The van der Waals surface area contributed by atoms with E-state index >= 15 is 0 Å². The van der Waals surface area contributed by atoms with Crippen LogP contribution in [0, 0.1) is 0 Å². The van der Waals surface area contributed by atoms with Gasteiger partial charge in [-0.1, -0.05) is 0 Å². The summed E-state index contributed by atoms with van der Waals surface area (Å²) in [4.78, 5) is 74.9. The highest BCUT2D eigenvalue weighted by Gasteiger charge is 2.45. The van der Waals surface area contributed by atoms with Crippen LogP contribution in [0.3, 0.4) is 0 Å². The summed E-state index contributed by atoms with van der Waals surface area (Å²) < 4.78 is 7.14. The maximum absolute atomic E-state index is 13.5. The van der Waals surface area contributed by atoms with Gasteiger partial charge in [0, 0.05) is 76.6 Å². The smallest absolute Gasteiger partial charge is 0.315 e. The second-order valence-electron chi connectivity index (χ2n) is 21.1. The number of amides is 4. The summed E-state index contributed by atoms with van der Waals surface area (Å²) in [6.07, 6.45) is 12.8. The van der Waals surface area contributed by atoms with Gasteiger partial charge in [0.05, 0.1) is 60.9 Å². The minimum absolute atomic E-state index is 0.00000428. The first-order chi connectivity index (χ1) is 37.7. The van der Waals surface area contributed by atoms with E-state index in [4.69, 9.17) is 19.9 Å². The van der Waals surface area contributed by atoms with E-state index in [1.54, 1.807) is 34.4 Å². The lowest BCUT2D eigenvalue weighted by Crippen LogP contribution is -2.49. The van der Waals surface area contributed by atoms with Crippen molar-refractivity contribution in [3.8, 4) is 0 Å². The molecule has 8 atom stereocenters. The van der Waals surface area contributed by atoms with Gasteiger partial charge in [-0.05, 0) is 64.2 Å². The normalized spacial score (nSPS) is 27.2. The number of nitrogens with zero attached hydrogens (tertiary/aromatic N) is 12. The van der Waals surface area contributed by atoms with Crippen molar-refractivity contribution in [1.29, 1.82) is 0 Å². The SMILES string of the molecule is Cn1cnc(CCNc2nc(NC3CCC(NC(=O)NC4CCC(Nc5nc(NCCc6cn(C)cn6)nc6c5ncn6[C@@H]5C[C@H](NC(=O)CO)[C@@H](O)[C@H]5O)CC4)CC3)c3ncn([C@@H]4C[C@H](NC(=O)CO)[C@@H](O)[C@H]4O)c3n2)c1. The third kappa shape index (κ3) is 12.2. The van der Waals surface area contributed by atoms with Gasteiger partial charge in [0.15, 0.2) is 34.0 Å². The Morgan fingerprint density at radius 1 is 0.526 bits per heavy atom. The monoisotopic (exact) mass is 1080 g/mol. The van der Waals surface area contributed by atoms with E-state index in [0.717, 1.165) is 62.8 Å². The minimum atomic E-state index is -1.28. The molecule has 6 aromatic heterocycles. The molecule has 14 N–H and O–H groups in total. The zero-order chi connectivity index (χ0) is 54.6. The molecule has 6 aromatic rings. The number of imidazole rings is 4. The van der Waals surface area contributed by atoms with Gasteiger partial charge in [-0.15, -0.1) is 0 Å². The molecule has 4 aliphatic carbocycles. The third-order valence-electron chi connectivity index (χ3n) is 15.5. The summed E-state index contributed by atoms with van der Waals surface area (Å²) in [6, 6.07) is -3.25. The average Bonchev–Trinajstić information content (AvgIpc) is 4.44. The number of carbonyl (C=O) groups is 3. The second kappa shape index (κ2) is 23.7. The van der Waals surface area contributed by atoms with Crippen molar-refractivity contribution in [3.63, 3.8) is 0 Å². The van der Waals surface area contributed by atoms with Crippen LogP contribution in [0.5, 0.6) is 0 Å². The Morgan fingerprint density at radius 3 is 1.29 bits per heavy atom. The van der Waals surface area contributed by atoms with Crippen LogP contribution in [-0.4, -0.2) is 194 Å². The van der Waals surface area contributed by atoms with Crippen molar-refractivity contribution in [2.75, 3.05) is 47.6 Å². The summed E-state index contributed by atoms with van der Waals surface area (Å²) in [6.45, 7) is -0.513. The van der Waals surface area contributed by atoms with E-state index in [2.05, 4.69) is 62.5 Å². The molecule has 6 heterocycles. The molecule has 420 valence electrons. The lowest BCUT2D eigenvalue weighted by Gasteiger charge is -2.32. The summed E-state index contributed by atoms with van der Waals surface area (Å²) in [5.74, 6) is 0.343. The number of aromatic nitrogens is 12. The molecule has 29 nitrogen and oxygen atoms in total. The molecule has 10 rings (SSSR count). The fourth-order valence-corrected chi connectivity index (χ4v) is 11.4. The number of rotatable bonds is 20. The molecule has 29 heteroatoms. The number of fused-ring (bicyclic) bond motifs is 2. The Balaban J connectivity index is 0.740. The van der Waals surface area contributed by atoms with Gasteiger partial charge < -0.3 is 91.4 Å². The maximum atomic E-state index is 13.5. The number of hydrogen-bond acceptors (Lipinski definition) is 21. The van der Waals surface area contributed by atoms with Crippen LogP contribution in [0.4, 0.5) is 28.3 Å². The topological polar surface area (TPSA) is 392 Å². The van der Waals surface area contributed by atoms with Gasteiger partial charge in [0.1, 0.15) is 37.6 Å². The highest BCUT2D eigenvalue weighted by atomic mass is 16.3. The molecule has 4 aliphatic rings. The van der Waals surface area contributed by atoms with Crippen LogP contribution >= 0.6 is 0 Å². The summed E-state index contributed by atoms with van der Waals surface area (Å²) in [5.41, 5.74) is 3.59. The molecule has 0 unspecified atom stereocenters. The quantitative estimate of drug-likeness (QED) is 0.0413. The standard InChI is InChI=1S/C49H70N20O9/c1-66-17-29(52-21-66)11-13-50-47-62-43(37-45(64-47)68(23-54-37)33-15-31(39(74)41(33)76)60-35(72)19-70)56-25-3-7-27(8-4-25)58-49(78)59-28-9-5-26(6-10-28)57-44-38-46(65-48(63-44)51-14-12-30-18-67(2)22-53-30)69(24-55-38)34-16-32(40(75)42(34)77)61-36(73)20-71/h17-18,21-28,31-34,39-42,70-71,74-77H,3-16,19-20H2,1-2H3,(H,60,72)(H,61,73)(H2,58,59,78)(H2,50,56,62,64)(H2,51,57,63,65)/t25?,26?,27?,28?,31-,32-,33+,34+,39+,40+,41-,42-/m0/s1. The molecule has 0 aromatic carbocycles. The van der Waals surface area contributed by atoms with Gasteiger partial charge in [-0.3, -0.25) is 9.59 Å². The zero-order valence-corrected chi connectivity index (χ0v) is 43.5. The van der Waals surface area contributed by atoms with Crippen LogP contribution in [0.25, 0.3) is 22.3 Å². The average molecular weight is 1080 g/mol. The number of aliphatic hydroxyl groups is 6. The molecule has 4 fully saturated rings. The van der Waals surface area contributed by atoms with Gasteiger partial charge in [-0.2, -0.15) is 19.9 Å². The molecule has 4 saturated carbocycles. The fraction of sp³-hybridized carbons (Fsp3) is 0.612. The van der Waals surface area contributed by atoms with Gasteiger partial charge in [0.2, 0.25) is 23.7 Å². The fourth-order valence-electron chi connectivity index (χ4n) is 11.4. The number of anilines is 4. The summed E-state index contributed by atoms with van der Waals surface area (Å²) in [7, 11) is 3.81. The Hall–Kier alpha value is -7.31. The molecule has 0 aliphatic heterocycles. The predicted octanol–water partition coefficient (Wildman–Crippen LogP) is -1.52. The Morgan fingerprint density at radius 2 is 0.923 bits per heavy atom. The first kappa shape index (κ1) is 54.1. The molecule has 0 spiro atoms. The van der Waals surface area contributed by atoms with Crippen LogP contribution in [0.1, 0.15) is 87.7 Å². The van der Waals surface area contributed by atoms with Crippen molar-refractivity contribution in [1.82, 2.24) is 79.4 Å². The van der Waals surface area contributed by atoms with Gasteiger partial charge in [-0.25, -0.2) is 24.7 Å². The van der Waals surface area contributed by atoms with Crippen molar-refractivity contribution < 1.29 is 45.0 Å². The maximum Gasteiger partial charge on any atom is 0.315 e. The molecular weight excluding hydrogens is 1010 g/mol. The third-order valence-corrected chi connectivity index (χ3v) is 15.5. The number of carbonyl (C=O) groups excluding carboxylic acids is 3. The first-order valence-corrected chi connectivity index (χ1v) is 26.7. The Kier molecular flexibility index (Phi) is 16.5. The van der Waals surface area contributed by atoms with E-state index in [0.29, 0.717) is 71.8 Å². The van der Waals surface area contributed by atoms with Crippen molar-refractivity contribution in [2.45, 2.75) is 150 Å². The summed E-state index contributed by atoms with van der Waals surface area (Å²) in [5, 5.41) is 87.9. The van der Waals surface area contributed by atoms with E-state index in [9.17, 15) is 45.0 Å². The molecule has 4 amide bonds. The van der Waals surface area contributed by atoms with Gasteiger partial charge >= 0.3 is 6.03 Å². The van der Waals surface area contributed by atoms with E-state index in [1.807, 2.05) is 35.6 Å². The second-order valence-corrected chi connectivity index (χ2v) is 21.1. The van der Waals surface area contributed by atoms with Crippen LogP contribution in [-0.2, 0) is 36.5 Å². The highest BCUT2D eigenvalue weighted by Crippen LogP contribution is 2.37. The predicted molar refractivity (Wildman–Crippen MR) is 282 cm³/mol. The molecular formula is C49H70N20O9. The molecule has 78 heavy (non-hydrogen) atoms. The summed E-state index contributed by atoms with van der Waals surface area (Å²) >= 11 is 0. The molecule has 0 bridgehead atoms. The number of nitrogens with one attached hydrogen (secondary N) is 8. The van der Waals surface area contributed by atoms with Crippen LogP contribution in [0.15, 0.2) is 37.7 Å². The molecule has 0 saturated heterocycles. The van der Waals surface area contributed by atoms with Crippen LogP contribution < -0.4 is 42.5 Å². The number of urea groups is 1. The lowest BCUT2D eigenvalue weighted by molar-refractivity contribution is -0.126. The van der Waals surface area contributed by atoms with Crippen molar-refractivity contribution in [3.05, 3.63) is 49.1 Å². The van der Waals surface area contributed by atoms with Crippen molar-refractivity contribution in [2.24, 2.45) is 14.1 Å². The number of aryl methyl sites for hydroxylation is 2. The first-order valence-electron chi connectivity index (χ1n) is 26.7. The lowest BCUT2D eigenvalue weighted by atomic mass is 9.90. The zero-order valence-electron chi connectivity index (χ0n) is 43.5. The van der Waals surface area contributed by atoms with E-state index < -0.39 is 73.6 Å². The van der Waals surface area contributed by atoms with E-state index in [1.165, 1.54) is 0 Å². The van der Waals surface area contributed by atoms with Gasteiger partial charge in [0.25, 0.3) is 0 Å². The van der Waals surface area contributed by atoms with Crippen molar-refractivity contribution >= 4 is 63.7 Å². The highest BCUT2D eigenvalue weighted by molar-refractivity contribution is 5.86. The number of hydrogen-bond donors (Lipinski definition) is 14. The van der Waals surface area contributed by atoms with E-state index in [-0.39, 0.29) is 43.0 Å². The number of aliphatic hydroxyl groups excluding tert-OH is 6.